The molecule has 1 aromatic carbocycles. The Hall–Kier alpha value is -0.590. The number of ether oxygens (including phenoxy) is 1. The largest absolute Gasteiger partial charge is 0.444 e. The summed E-state index contributed by atoms with van der Waals surface area (Å²) in [7, 11) is 1.63. The Morgan fingerprint density at radius 2 is 1.96 bits per heavy atom. The fraction of sp³-hybridized carbons (Fsp3) is 0.611. The first-order valence-electron chi connectivity index (χ1n) is 8.48. The van der Waals surface area contributed by atoms with Gasteiger partial charge in [0.2, 0.25) is 5.69 Å². The lowest BCUT2D eigenvalue weighted by atomic mass is 9.95. The third kappa shape index (κ3) is 7.97. The topological polar surface area (TPSA) is 59.0 Å². The van der Waals surface area contributed by atoms with Gasteiger partial charge in [-0.1, -0.05) is 44.3 Å². The quantitative estimate of drug-likeness (QED) is 0.491. The fourth-order valence-corrected chi connectivity index (χ4v) is 3.55. The normalized spacial score (nSPS) is 15.5. The van der Waals surface area contributed by atoms with Gasteiger partial charge in [0.15, 0.2) is 0 Å². The SMILES string of the molecule is Cc1ccc(C(C)C)cc1C(CN(C)C(=O)OC(C)(C)C)OP(O)(=S)S. The fourth-order valence-electron chi connectivity index (χ4n) is 2.38. The van der Waals surface area contributed by atoms with Crippen molar-refractivity contribution in [3.8, 4) is 0 Å². The maximum Gasteiger partial charge on any atom is 0.410 e. The number of likely N-dealkylation sites (N-methyl/N-ethyl adjacent to an activating group) is 1. The van der Waals surface area contributed by atoms with Crippen molar-refractivity contribution in [2.24, 2.45) is 0 Å². The molecule has 8 heteroatoms. The smallest absolute Gasteiger partial charge is 0.410 e. The molecule has 0 aliphatic heterocycles. The number of thiol groups is 1. The molecule has 2 unspecified atom stereocenters. The zero-order chi connectivity index (χ0) is 20.3. The number of nitrogens with zero attached hydrogens (tertiary/aromatic N) is 1. The van der Waals surface area contributed by atoms with Crippen molar-refractivity contribution in [2.75, 3.05) is 13.6 Å². The minimum Gasteiger partial charge on any atom is -0.444 e. The van der Waals surface area contributed by atoms with E-state index >= 15 is 0 Å². The molecule has 0 radical (unpaired) electrons. The molecule has 0 aromatic heterocycles. The summed E-state index contributed by atoms with van der Waals surface area (Å²) in [5, 5.41) is 0. The van der Waals surface area contributed by atoms with E-state index in [1.54, 1.807) is 7.05 Å². The minimum atomic E-state index is -3.22. The van der Waals surface area contributed by atoms with Gasteiger partial charge in [0, 0.05) is 7.05 Å². The predicted octanol–water partition coefficient (Wildman–Crippen LogP) is 5.19. The third-order valence-corrected chi connectivity index (χ3v) is 4.80. The van der Waals surface area contributed by atoms with Crippen LogP contribution in [0.5, 0.6) is 0 Å². The summed E-state index contributed by atoms with van der Waals surface area (Å²) in [6, 6.07) is 6.11. The highest BCUT2D eigenvalue weighted by Crippen LogP contribution is 2.51. The van der Waals surface area contributed by atoms with Crippen LogP contribution in [0, 0.1) is 6.92 Å². The third-order valence-electron chi connectivity index (χ3n) is 3.73. The van der Waals surface area contributed by atoms with E-state index in [2.05, 4.69) is 32.2 Å². The monoisotopic (exact) mass is 419 g/mol. The van der Waals surface area contributed by atoms with E-state index in [0.717, 1.165) is 16.7 Å². The molecule has 0 bridgehead atoms. The van der Waals surface area contributed by atoms with Crippen LogP contribution in [0.4, 0.5) is 4.79 Å². The van der Waals surface area contributed by atoms with Crippen molar-refractivity contribution in [1.82, 2.24) is 4.90 Å². The highest BCUT2D eigenvalue weighted by molar-refractivity contribution is 8.59. The van der Waals surface area contributed by atoms with E-state index in [1.165, 1.54) is 4.90 Å². The maximum atomic E-state index is 12.3. The van der Waals surface area contributed by atoms with Gasteiger partial charge in [-0.2, -0.15) is 0 Å². The molecule has 0 heterocycles. The van der Waals surface area contributed by atoms with Gasteiger partial charge in [0.05, 0.1) is 6.54 Å². The first-order chi connectivity index (χ1) is 11.7. The lowest BCUT2D eigenvalue weighted by molar-refractivity contribution is 0.0228. The first kappa shape index (κ1) is 23.4. The molecule has 0 fully saturated rings. The molecular formula is C18H30NO4PS2. The van der Waals surface area contributed by atoms with E-state index in [-0.39, 0.29) is 6.54 Å². The van der Waals surface area contributed by atoms with Crippen LogP contribution in [-0.2, 0) is 21.1 Å². The molecule has 0 aliphatic carbocycles. The molecule has 26 heavy (non-hydrogen) atoms. The summed E-state index contributed by atoms with van der Waals surface area (Å²) in [5.41, 5.74) is -0.801. The van der Waals surface area contributed by atoms with Crippen molar-refractivity contribution >= 4 is 35.8 Å². The van der Waals surface area contributed by atoms with Gasteiger partial charge in [-0.05, 0) is 62.1 Å². The maximum absolute atomic E-state index is 12.3. The number of benzene rings is 1. The lowest BCUT2D eigenvalue weighted by Gasteiger charge is -2.29. The van der Waals surface area contributed by atoms with Gasteiger partial charge in [0.25, 0.3) is 0 Å². The van der Waals surface area contributed by atoms with Crippen LogP contribution in [0.15, 0.2) is 18.2 Å². The van der Waals surface area contributed by atoms with Crippen molar-refractivity contribution in [3.05, 3.63) is 34.9 Å². The average molecular weight is 420 g/mol. The van der Waals surface area contributed by atoms with Crippen molar-refractivity contribution in [3.63, 3.8) is 0 Å². The number of hydrogen-bond acceptors (Lipinski definition) is 4. The second-order valence-electron chi connectivity index (χ2n) is 7.72. The predicted molar refractivity (Wildman–Crippen MR) is 113 cm³/mol. The van der Waals surface area contributed by atoms with E-state index in [0.29, 0.717) is 5.92 Å². The number of carbonyl (C=O) groups is 1. The highest BCUT2D eigenvalue weighted by Gasteiger charge is 2.27. The molecule has 0 saturated carbocycles. The number of hydrogen-bond donors (Lipinski definition) is 2. The van der Waals surface area contributed by atoms with Gasteiger partial charge >= 0.3 is 6.09 Å². The molecule has 148 valence electrons. The van der Waals surface area contributed by atoms with Crippen LogP contribution in [0.3, 0.4) is 0 Å². The Morgan fingerprint density at radius 1 is 1.38 bits per heavy atom. The summed E-state index contributed by atoms with van der Waals surface area (Å²) < 4.78 is 11.1. The molecule has 1 aromatic rings. The number of amides is 1. The van der Waals surface area contributed by atoms with Gasteiger partial charge in [-0.15, -0.1) is 0 Å². The van der Waals surface area contributed by atoms with Crippen LogP contribution in [0.2, 0.25) is 0 Å². The molecule has 1 N–H and O–H groups in total. The summed E-state index contributed by atoms with van der Waals surface area (Å²) in [6.07, 6.45) is -1.06. The Kier molecular flexibility index (Phi) is 8.18. The molecular weight excluding hydrogens is 389 g/mol. The Morgan fingerprint density at radius 3 is 2.42 bits per heavy atom. The molecule has 1 amide bonds. The minimum absolute atomic E-state index is 0.191. The van der Waals surface area contributed by atoms with Gasteiger partial charge < -0.3 is 19.1 Å². The van der Waals surface area contributed by atoms with Crippen molar-refractivity contribution in [2.45, 2.75) is 59.2 Å². The van der Waals surface area contributed by atoms with Crippen LogP contribution in [-0.4, -0.2) is 35.1 Å². The standard InChI is InChI=1S/C18H30NO4PS2/c1-12(2)14-9-8-13(3)15(10-14)16(23-24(21,25)26)11-19(7)17(20)22-18(4,5)6/h8-10,12,16H,11H2,1-7H3,(H2,21,25,26). The van der Waals surface area contributed by atoms with Gasteiger partial charge in [-0.3, -0.25) is 0 Å². The van der Waals surface area contributed by atoms with Crippen molar-refractivity contribution < 1.29 is 18.9 Å². The average Bonchev–Trinajstić information content (AvgIpc) is 2.43. The number of carbonyl (C=O) groups excluding carboxylic acids is 1. The summed E-state index contributed by atoms with van der Waals surface area (Å²) in [6.45, 7) is 11.8. The van der Waals surface area contributed by atoms with E-state index in [1.807, 2.05) is 39.8 Å². The van der Waals surface area contributed by atoms with E-state index in [4.69, 9.17) is 21.1 Å². The number of rotatable bonds is 6. The zero-order valence-electron chi connectivity index (χ0n) is 16.5. The first-order valence-corrected chi connectivity index (χ1v) is 12.3. The molecule has 0 saturated heterocycles. The molecule has 2 atom stereocenters. The van der Waals surface area contributed by atoms with Crippen molar-refractivity contribution in [1.29, 1.82) is 0 Å². The molecule has 1 rings (SSSR count). The number of aryl methyl sites for hydroxylation is 1. The second kappa shape index (κ2) is 9.07. The van der Waals surface area contributed by atoms with Gasteiger partial charge in [-0.25, -0.2) is 4.79 Å². The summed E-state index contributed by atoms with van der Waals surface area (Å²) >= 11 is 8.98. The molecule has 0 aliphatic rings. The Balaban J connectivity index is 3.16. The van der Waals surface area contributed by atoms with E-state index < -0.39 is 23.5 Å². The van der Waals surface area contributed by atoms with Crippen LogP contribution in [0.1, 0.15) is 63.3 Å². The van der Waals surface area contributed by atoms with E-state index in [9.17, 15) is 9.69 Å². The van der Waals surface area contributed by atoms with Crippen LogP contribution in [0.25, 0.3) is 0 Å². The Bertz CT molecular complexity index is 682. The van der Waals surface area contributed by atoms with Crippen LogP contribution >= 0.6 is 17.9 Å². The second-order valence-corrected chi connectivity index (χ2v) is 12.8. The zero-order valence-corrected chi connectivity index (χ0v) is 19.1. The Labute approximate surface area is 167 Å². The summed E-state index contributed by atoms with van der Waals surface area (Å²) in [4.78, 5) is 23.7. The van der Waals surface area contributed by atoms with Gasteiger partial charge in [0.1, 0.15) is 11.7 Å². The molecule has 0 spiro atoms. The lowest BCUT2D eigenvalue weighted by Crippen LogP contribution is -2.37. The molecule has 5 nitrogen and oxygen atoms in total. The summed E-state index contributed by atoms with van der Waals surface area (Å²) in [5.74, 6) is 0.340. The van der Waals surface area contributed by atoms with Crippen LogP contribution < -0.4 is 0 Å². The highest BCUT2D eigenvalue weighted by atomic mass is 32.9.